The zero-order valence-corrected chi connectivity index (χ0v) is 13.1. The number of nitrogens with zero attached hydrogens (tertiary/aromatic N) is 1. The second kappa shape index (κ2) is 4.81. The Bertz CT molecular complexity index is 804. The molecular formula is C13H9BrClNO2S. The average Bonchev–Trinajstić information content (AvgIpc) is 2.94. The third-order valence-corrected chi connectivity index (χ3v) is 5.26. The summed E-state index contributed by atoms with van der Waals surface area (Å²) in [7, 11) is 1.68. The van der Waals surface area contributed by atoms with Crippen LogP contribution in [0.25, 0.3) is 11.1 Å². The van der Waals surface area contributed by atoms with Crippen LogP contribution < -0.4 is 5.76 Å². The van der Waals surface area contributed by atoms with Crippen molar-refractivity contribution in [3.05, 3.63) is 55.1 Å². The third kappa shape index (κ3) is 2.26. The van der Waals surface area contributed by atoms with Gasteiger partial charge in [-0.15, -0.1) is 22.9 Å². The van der Waals surface area contributed by atoms with Crippen LogP contribution in [0.3, 0.4) is 0 Å². The molecule has 0 saturated carbocycles. The molecule has 0 radical (unpaired) electrons. The molecule has 3 nitrogen and oxygen atoms in total. The smallest absolute Gasteiger partial charge is 0.408 e. The summed E-state index contributed by atoms with van der Waals surface area (Å²) in [4.78, 5) is 12.5. The van der Waals surface area contributed by atoms with E-state index in [2.05, 4.69) is 15.9 Å². The monoisotopic (exact) mass is 357 g/mol. The SMILES string of the molecule is Cn1c(=O)oc2cc(C(Cl)c3ccc(Br)s3)ccc21. The molecule has 0 fully saturated rings. The molecule has 1 unspecified atom stereocenters. The van der Waals surface area contributed by atoms with Crippen LogP contribution >= 0.6 is 38.9 Å². The van der Waals surface area contributed by atoms with Crippen molar-refractivity contribution in [3.8, 4) is 0 Å². The van der Waals surface area contributed by atoms with Gasteiger partial charge in [0.25, 0.3) is 0 Å². The standard InChI is InChI=1S/C13H9BrClNO2S/c1-16-8-3-2-7(6-9(8)18-13(16)17)12(15)10-4-5-11(14)19-10/h2-6,12H,1H3. The molecule has 98 valence electrons. The molecule has 0 spiro atoms. The predicted octanol–water partition coefficient (Wildman–Crippen LogP) is 4.28. The van der Waals surface area contributed by atoms with E-state index in [1.807, 2.05) is 30.3 Å². The van der Waals surface area contributed by atoms with E-state index >= 15 is 0 Å². The highest BCUT2D eigenvalue weighted by Crippen LogP contribution is 2.36. The van der Waals surface area contributed by atoms with Crippen LogP contribution in [0.2, 0.25) is 0 Å². The van der Waals surface area contributed by atoms with Crippen LogP contribution in [-0.2, 0) is 7.05 Å². The van der Waals surface area contributed by atoms with E-state index in [9.17, 15) is 4.79 Å². The van der Waals surface area contributed by atoms with E-state index in [1.165, 1.54) is 4.57 Å². The van der Waals surface area contributed by atoms with Crippen molar-refractivity contribution >= 4 is 50.0 Å². The fraction of sp³-hybridized carbons (Fsp3) is 0.154. The lowest BCUT2D eigenvalue weighted by molar-refractivity contribution is 0.528. The molecule has 0 amide bonds. The molecule has 0 bridgehead atoms. The third-order valence-electron chi connectivity index (χ3n) is 2.95. The number of aryl methyl sites for hydroxylation is 1. The minimum Gasteiger partial charge on any atom is -0.408 e. The van der Waals surface area contributed by atoms with Gasteiger partial charge in [0, 0.05) is 11.9 Å². The second-order valence-corrected chi connectivity index (χ2v) is 7.09. The molecule has 1 aromatic carbocycles. The lowest BCUT2D eigenvalue weighted by atomic mass is 10.1. The van der Waals surface area contributed by atoms with Crippen LogP contribution in [0.1, 0.15) is 15.8 Å². The maximum Gasteiger partial charge on any atom is 0.419 e. The first-order valence-electron chi connectivity index (χ1n) is 5.55. The van der Waals surface area contributed by atoms with E-state index in [1.54, 1.807) is 18.4 Å². The van der Waals surface area contributed by atoms with Gasteiger partial charge in [0.05, 0.1) is 14.7 Å². The lowest BCUT2D eigenvalue weighted by Gasteiger charge is -2.07. The number of rotatable bonds is 2. The summed E-state index contributed by atoms with van der Waals surface area (Å²) in [6, 6.07) is 9.55. The summed E-state index contributed by atoms with van der Waals surface area (Å²) < 4.78 is 7.69. The second-order valence-electron chi connectivity index (χ2n) is 4.16. The van der Waals surface area contributed by atoms with Gasteiger partial charge in [-0.3, -0.25) is 4.57 Å². The van der Waals surface area contributed by atoms with Gasteiger partial charge in [0.15, 0.2) is 5.58 Å². The number of thiophene rings is 1. The molecule has 3 rings (SSSR count). The number of fused-ring (bicyclic) bond motifs is 1. The van der Waals surface area contributed by atoms with Crippen molar-refractivity contribution in [3.63, 3.8) is 0 Å². The Balaban J connectivity index is 2.08. The van der Waals surface area contributed by atoms with Gasteiger partial charge in [-0.2, -0.15) is 0 Å². The highest BCUT2D eigenvalue weighted by atomic mass is 79.9. The number of hydrogen-bond donors (Lipinski definition) is 0. The Morgan fingerprint density at radius 2 is 2.16 bits per heavy atom. The molecule has 3 aromatic rings. The molecule has 2 aromatic heterocycles. The van der Waals surface area contributed by atoms with Gasteiger partial charge < -0.3 is 4.42 Å². The summed E-state index contributed by atoms with van der Waals surface area (Å²) in [5.41, 5.74) is 2.24. The first-order valence-corrected chi connectivity index (χ1v) is 7.59. The van der Waals surface area contributed by atoms with Crippen LogP contribution in [0.15, 0.2) is 43.3 Å². The van der Waals surface area contributed by atoms with Crippen LogP contribution in [-0.4, -0.2) is 4.57 Å². The molecule has 19 heavy (non-hydrogen) atoms. The quantitative estimate of drug-likeness (QED) is 0.641. The maximum absolute atomic E-state index is 11.5. The number of benzene rings is 1. The summed E-state index contributed by atoms with van der Waals surface area (Å²) in [6.07, 6.45) is 0. The molecule has 1 atom stereocenters. The largest absolute Gasteiger partial charge is 0.419 e. The number of halogens is 2. The Hall–Kier alpha value is -1.04. The summed E-state index contributed by atoms with van der Waals surface area (Å²) in [6.45, 7) is 0. The summed E-state index contributed by atoms with van der Waals surface area (Å²) in [5.74, 6) is -0.364. The molecule has 6 heteroatoms. The molecule has 0 saturated heterocycles. The van der Waals surface area contributed by atoms with E-state index in [-0.39, 0.29) is 11.1 Å². The number of aromatic nitrogens is 1. The number of alkyl halides is 1. The Morgan fingerprint density at radius 1 is 1.37 bits per heavy atom. The zero-order chi connectivity index (χ0) is 13.6. The molecule has 0 aliphatic heterocycles. The topological polar surface area (TPSA) is 35.1 Å². The Morgan fingerprint density at radius 3 is 2.84 bits per heavy atom. The van der Waals surface area contributed by atoms with Crippen molar-refractivity contribution in [2.75, 3.05) is 0 Å². The predicted molar refractivity (Wildman–Crippen MR) is 81.2 cm³/mol. The lowest BCUT2D eigenvalue weighted by Crippen LogP contribution is -2.08. The minimum atomic E-state index is -0.364. The molecule has 0 N–H and O–H groups in total. The van der Waals surface area contributed by atoms with Crippen molar-refractivity contribution in [2.24, 2.45) is 7.05 Å². The van der Waals surface area contributed by atoms with Crippen molar-refractivity contribution in [2.45, 2.75) is 5.38 Å². The molecular weight excluding hydrogens is 350 g/mol. The number of hydrogen-bond acceptors (Lipinski definition) is 3. The van der Waals surface area contributed by atoms with Gasteiger partial charge >= 0.3 is 5.76 Å². The zero-order valence-electron chi connectivity index (χ0n) is 9.89. The molecule has 0 aliphatic carbocycles. The van der Waals surface area contributed by atoms with Crippen LogP contribution in [0, 0.1) is 0 Å². The van der Waals surface area contributed by atoms with Gasteiger partial charge in [-0.1, -0.05) is 6.07 Å². The summed E-state index contributed by atoms with van der Waals surface area (Å²) in [5, 5.41) is -0.244. The van der Waals surface area contributed by atoms with E-state index < -0.39 is 0 Å². The van der Waals surface area contributed by atoms with E-state index in [0.717, 1.165) is 19.7 Å². The van der Waals surface area contributed by atoms with Gasteiger partial charge in [0.1, 0.15) is 0 Å². The maximum atomic E-state index is 11.5. The minimum absolute atomic E-state index is 0.244. The first-order chi connectivity index (χ1) is 9.06. The van der Waals surface area contributed by atoms with Crippen molar-refractivity contribution in [1.82, 2.24) is 4.57 Å². The fourth-order valence-electron chi connectivity index (χ4n) is 1.94. The summed E-state index contributed by atoms with van der Waals surface area (Å²) >= 11 is 11.5. The fourth-order valence-corrected chi connectivity index (χ4v) is 3.71. The Labute approximate surface area is 126 Å². The molecule has 0 aliphatic rings. The van der Waals surface area contributed by atoms with Crippen molar-refractivity contribution in [1.29, 1.82) is 0 Å². The van der Waals surface area contributed by atoms with Gasteiger partial charge in [-0.25, -0.2) is 4.79 Å². The average molecular weight is 359 g/mol. The van der Waals surface area contributed by atoms with Gasteiger partial charge in [0.2, 0.25) is 0 Å². The van der Waals surface area contributed by atoms with Crippen LogP contribution in [0.5, 0.6) is 0 Å². The van der Waals surface area contributed by atoms with Crippen molar-refractivity contribution < 1.29 is 4.42 Å². The van der Waals surface area contributed by atoms with Gasteiger partial charge in [-0.05, 0) is 45.8 Å². The Kier molecular flexibility index (Phi) is 3.28. The van der Waals surface area contributed by atoms with E-state index in [4.69, 9.17) is 16.0 Å². The molecule has 2 heterocycles. The van der Waals surface area contributed by atoms with E-state index in [0.29, 0.717) is 5.58 Å². The normalized spacial score (nSPS) is 13.0. The first kappa shape index (κ1) is 13.0. The van der Waals surface area contributed by atoms with Crippen LogP contribution in [0.4, 0.5) is 0 Å². The number of oxazole rings is 1. The highest BCUT2D eigenvalue weighted by Gasteiger charge is 2.15. The highest BCUT2D eigenvalue weighted by molar-refractivity contribution is 9.11.